The van der Waals surface area contributed by atoms with Crippen LogP contribution in [-0.4, -0.2) is 29.0 Å². The molecular weight excluding hydrogens is 430 g/mol. The van der Waals surface area contributed by atoms with E-state index in [1.165, 1.54) is 18.4 Å². The molecule has 0 radical (unpaired) electrons. The number of nitrogens with one attached hydrogen (secondary N) is 2. The van der Waals surface area contributed by atoms with Crippen molar-refractivity contribution < 1.29 is 26.0 Å². The summed E-state index contributed by atoms with van der Waals surface area (Å²) in [5.41, 5.74) is 1.51. The second-order valence-electron chi connectivity index (χ2n) is 6.46. The van der Waals surface area contributed by atoms with E-state index in [9.17, 15) is 21.6 Å². The third-order valence-corrected chi connectivity index (χ3v) is 6.14. The first kappa shape index (κ1) is 21.6. The van der Waals surface area contributed by atoms with Crippen molar-refractivity contribution in [1.82, 2.24) is 0 Å². The number of anilines is 2. The van der Waals surface area contributed by atoms with Crippen LogP contribution in [0.1, 0.15) is 16.1 Å². The van der Waals surface area contributed by atoms with Gasteiger partial charge in [0.05, 0.1) is 21.7 Å². The maximum atomic E-state index is 12.1. The Balaban J connectivity index is 1.79. The molecule has 0 aliphatic rings. The van der Waals surface area contributed by atoms with Gasteiger partial charge in [0.1, 0.15) is 0 Å². The number of sulfonamides is 1. The Morgan fingerprint density at radius 2 is 1.80 bits per heavy atom. The number of primary sulfonamides is 1. The molecule has 4 N–H and O–H groups in total. The molecule has 30 heavy (non-hydrogen) atoms. The van der Waals surface area contributed by atoms with Crippen LogP contribution in [0.5, 0.6) is 0 Å². The maximum absolute atomic E-state index is 12.1. The molecule has 2 aromatic carbocycles. The van der Waals surface area contributed by atoms with E-state index in [2.05, 4.69) is 10.6 Å². The summed E-state index contributed by atoms with van der Waals surface area (Å²) in [6.45, 7) is 0.224. The van der Waals surface area contributed by atoms with Crippen molar-refractivity contribution in [2.24, 2.45) is 5.14 Å². The van der Waals surface area contributed by atoms with Crippen LogP contribution in [0.15, 0.2) is 75.1 Å². The lowest BCUT2D eigenvalue weighted by Gasteiger charge is -2.13. The fraction of sp³-hybridized carbons (Fsp3) is 0.105. The summed E-state index contributed by atoms with van der Waals surface area (Å²) >= 11 is 0. The number of amides is 1. The molecule has 158 valence electrons. The van der Waals surface area contributed by atoms with Gasteiger partial charge in [-0.25, -0.2) is 22.0 Å². The zero-order valence-electron chi connectivity index (χ0n) is 15.8. The monoisotopic (exact) mass is 449 g/mol. The molecule has 0 atom stereocenters. The lowest BCUT2D eigenvalue weighted by Crippen LogP contribution is -2.14. The topological polar surface area (TPSA) is 149 Å². The highest BCUT2D eigenvalue weighted by Crippen LogP contribution is 2.25. The fourth-order valence-electron chi connectivity index (χ4n) is 2.69. The van der Waals surface area contributed by atoms with E-state index in [1.54, 1.807) is 36.4 Å². The Kier molecular flexibility index (Phi) is 5.97. The van der Waals surface area contributed by atoms with E-state index in [1.807, 2.05) is 0 Å². The van der Waals surface area contributed by atoms with Crippen LogP contribution in [-0.2, 0) is 26.4 Å². The number of sulfone groups is 1. The molecule has 0 aliphatic heterocycles. The van der Waals surface area contributed by atoms with Crippen LogP contribution in [0.4, 0.5) is 11.4 Å². The van der Waals surface area contributed by atoms with Gasteiger partial charge in [-0.05, 0) is 48.0 Å². The molecule has 1 heterocycles. The largest absolute Gasteiger partial charge is 0.459 e. The van der Waals surface area contributed by atoms with Crippen molar-refractivity contribution in [3.63, 3.8) is 0 Å². The van der Waals surface area contributed by atoms with Crippen molar-refractivity contribution in [2.75, 3.05) is 16.9 Å². The standard InChI is InChI=1S/C19H19N3O6S2/c1-29(24,25)18-11-15(30(20,26)27)7-8-16(18)21-12-13-4-2-5-14(10-13)22-19(23)17-6-3-9-28-17/h2-11,21H,12H2,1H3,(H,22,23)(H2,20,26,27). The first-order chi connectivity index (χ1) is 14.0. The van der Waals surface area contributed by atoms with Crippen LogP contribution in [0.2, 0.25) is 0 Å². The van der Waals surface area contributed by atoms with E-state index >= 15 is 0 Å². The molecule has 0 fully saturated rings. The van der Waals surface area contributed by atoms with Crippen molar-refractivity contribution in [1.29, 1.82) is 0 Å². The third-order valence-electron chi connectivity index (χ3n) is 4.09. The minimum atomic E-state index is -4.05. The predicted molar refractivity (Wildman–Crippen MR) is 111 cm³/mol. The Labute approximate surface area is 173 Å². The van der Waals surface area contributed by atoms with E-state index in [-0.39, 0.29) is 27.8 Å². The van der Waals surface area contributed by atoms with Gasteiger partial charge >= 0.3 is 0 Å². The lowest BCUT2D eigenvalue weighted by molar-refractivity contribution is 0.0996. The highest BCUT2D eigenvalue weighted by Gasteiger charge is 2.18. The van der Waals surface area contributed by atoms with Gasteiger partial charge in [-0.2, -0.15) is 0 Å². The van der Waals surface area contributed by atoms with Gasteiger partial charge in [-0.15, -0.1) is 0 Å². The van der Waals surface area contributed by atoms with Gasteiger partial charge < -0.3 is 15.1 Å². The van der Waals surface area contributed by atoms with E-state index in [0.29, 0.717) is 5.69 Å². The highest BCUT2D eigenvalue weighted by molar-refractivity contribution is 7.91. The average Bonchev–Trinajstić information content (AvgIpc) is 3.20. The smallest absolute Gasteiger partial charge is 0.291 e. The minimum Gasteiger partial charge on any atom is -0.459 e. The summed E-state index contributed by atoms with van der Waals surface area (Å²) in [6.07, 6.45) is 2.38. The first-order valence-electron chi connectivity index (χ1n) is 8.58. The van der Waals surface area contributed by atoms with Gasteiger partial charge in [-0.3, -0.25) is 4.79 Å². The molecule has 1 amide bonds. The molecular formula is C19H19N3O6S2. The first-order valence-corrected chi connectivity index (χ1v) is 12.0. The van der Waals surface area contributed by atoms with Gasteiger partial charge in [0.25, 0.3) is 5.91 Å². The minimum absolute atomic E-state index is 0.172. The lowest BCUT2D eigenvalue weighted by atomic mass is 10.2. The zero-order chi connectivity index (χ0) is 21.9. The number of nitrogens with two attached hydrogens (primary N) is 1. The normalized spacial score (nSPS) is 11.8. The fourth-order valence-corrected chi connectivity index (χ4v) is 4.18. The SMILES string of the molecule is CS(=O)(=O)c1cc(S(N)(=O)=O)ccc1NCc1cccc(NC(=O)c2ccco2)c1. The quantitative estimate of drug-likeness (QED) is 0.500. The molecule has 9 nitrogen and oxygen atoms in total. The molecule has 3 rings (SSSR count). The number of furan rings is 1. The number of hydrogen-bond acceptors (Lipinski definition) is 7. The Morgan fingerprint density at radius 1 is 1.03 bits per heavy atom. The number of hydrogen-bond donors (Lipinski definition) is 3. The van der Waals surface area contributed by atoms with Crippen LogP contribution < -0.4 is 15.8 Å². The summed E-state index contributed by atoms with van der Waals surface area (Å²) < 4.78 is 52.3. The van der Waals surface area contributed by atoms with Gasteiger partial charge in [-0.1, -0.05) is 12.1 Å². The number of rotatable bonds is 7. The zero-order valence-corrected chi connectivity index (χ0v) is 17.5. The van der Waals surface area contributed by atoms with Crippen LogP contribution in [0.3, 0.4) is 0 Å². The molecule has 0 spiro atoms. The van der Waals surface area contributed by atoms with Crippen LogP contribution in [0, 0.1) is 0 Å². The Hall–Kier alpha value is -3.15. The molecule has 1 aromatic heterocycles. The summed E-state index contributed by atoms with van der Waals surface area (Å²) in [4.78, 5) is 11.6. The predicted octanol–water partition coefficient (Wildman–Crippen LogP) is 2.19. The van der Waals surface area contributed by atoms with Gasteiger partial charge in [0, 0.05) is 18.5 Å². The molecule has 0 bridgehead atoms. The molecule has 3 aromatic rings. The van der Waals surface area contributed by atoms with Crippen LogP contribution in [0.25, 0.3) is 0 Å². The van der Waals surface area contributed by atoms with Crippen molar-refractivity contribution >= 4 is 37.1 Å². The average molecular weight is 450 g/mol. The number of carbonyl (C=O) groups is 1. The molecule has 0 unspecified atom stereocenters. The van der Waals surface area contributed by atoms with Crippen LogP contribution >= 0.6 is 0 Å². The van der Waals surface area contributed by atoms with E-state index < -0.39 is 25.8 Å². The van der Waals surface area contributed by atoms with Gasteiger partial charge in [0.2, 0.25) is 10.0 Å². The van der Waals surface area contributed by atoms with Crippen molar-refractivity contribution in [3.8, 4) is 0 Å². The Morgan fingerprint density at radius 3 is 2.43 bits per heavy atom. The molecule has 0 saturated heterocycles. The highest BCUT2D eigenvalue weighted by atomic mass is 32.2. The molecule has 0 saturated carbocycles. The third kappa shape index (κ3) is 5.26. The second-order valence-corrected chi connectivity index (χ2v) is 10.0. The summed E-state index contributed by atoms with van der Waals surface area (Å²) in [5.74, 6) is -0.227. The number of carbonyl (C=O) groups excluding carboxylic acids is 1. The van der Waals surface area contributed by atoms with E-state index in [4.69, 9.17) is 9.56 Å². The number of benzene rings is 2. The van der Waals surface area contributed by atoms with Gasteiger partial charge in [0.15, 0.2) is 15.6 Å². The maximum Gasteiger partial charge on any atom is 0.291 e. The molecule has 11 heteroatoms. The summed E-state index contributed by atoms with van der Waals surface area (Å²) in [7, 11) is -7.77. The second kappa shape index (κ2) is 8.30. The Bertz CT molecular complexity index is 1280. The van der Waals surface area contributed by atoms with Crippen molar-refractivity contribution in [3.05, 3.63) is 72.2 Å². The van der Waals surface area contributed by atoms with Crippen molar-refractivity contribution in [2.45, 2.75) is 16.3 Å². The summed E-state index contributed by atoms with van der Waals surface area (Å²) in [5, 5.41) is 10.8. The van der Waals surface area contributed by atoms with E-state index in [0.717, 1.165) is 17.9 Å². The molecule has 0 aliphatic carbocycles. The summed E-state index contributed by atoms with van der Waals surface area (Å²) in [6, 6.07) is 13.7.